The highest BCUT2D eigenvalue weighted by molar-refractivity contribution is 6.33. The van der Waals surface area contributed by atoms with Crippen molar-refractivity contribution in [3.05, 3.63) is 28.8 Å². The molecule has 3 nitrogen and oxygen atoms in total. The van der Waals surface area contributed by atoms with Crippen LogP contribution in [0.25, 0.3) is 0 Å². The fourth-order valence-electron chi connectivity index (χ4n) is 2.01. The first-order valence-electron chi connectivity index (χ1n) is 6.90. The minimum absolute atomic E-state index is 0.0213. The molecule has 0 radical (unpaired) electrons. The molecular formula is C15H26ClN3. The van der Waals surface area contributed by atoms with Crippen molar-refractivity contribution in [3.63, 3.8) is 0 Å². The standard InChI is InChI=1S/C15H26ClN3/c1-5-8-19(10-9-18(3)4)15-7-6-13(12(2)17)11-14(15)16/h6-7,11-12H,5,8-10,17H2,1-4H3/t12-/m0/s1. The number of nitrogens with zero attached hydrogens (tertiary/aromatic N) is 2. The van der Waals surface area contributed by atoms with Gasteiger partial charge in [0.25, 0.3) is 0 Å². The van der Waals surface area contributed by atoms with E-state index in [9.17, 15) is 0 Å². The van der Waals surface area contributed by atoms with Crippen LogP contribution in [0.1, 0.15) is 31.9 Å². The average molecular weight is 284 g/mol. The van der Waals surface area contributed by atoms with Gasteiger partial charge in [-0.2, -0.15) is 0 Å². The number of hydrogen-bond donors (Lipinski definition) is 1. The average Bonchev–Trinajstić information content (AvgIpc) is 2.34. The molecule has 2 N–H and O–H groups in total. The van der Waals surface area contributed by atoms with E-state index in [1.54, 1.807) is 0 Å². The molecule has 0 spiro atoms. The molecule has 0 saturated heterocycles. The van der Waals surface area contributed by atoms with Crippen molar-refractivity contribution in [1.82, 2.24) is 4.90 Å². The minimum Gasteiger partial charge on any atom is -0.369 e. The zero-order valence-electron chi connectivity index (χ0n) is 12.5. The summed E-state index contributed by atoms with van der Waals surface area (Å²) in [6, 6.07) is 6.17. The summed E-state index contributed by atoms with van der Waals surface area (Å²) in [5.74, 6) is 0. The summed E-state index contributed by atoms with van der Waals surface area (Å²) in [4.78, 5) is 4.53. The normalized spacial score (nSPS) is 12.8. The summed E-state index contributed by atoms with van der Waals surface area (Å²) in [7, 11) is 4.18. The molecule has 0 aromatic heterocycles. The minimum atomic E-state index is 0.0213. The molecule has 0 aliphatic heterocycles. The Morgan fingerprint density at radius 1 is 1.21 bits per heavy atom. The first kappa shape index (κ1) is 16.3. The third-order valence-electron chi connectivity index (χ3n) is 3.15. The third-order valence-corrected chi connectivity index (χ3v) is 3.45. The maximum absolute atomic E-state index is 6.41. The van der Waals surface area contributed by atoms with Crippen LogP contribution in [0.15, 0.2) is 18.2 Å². The number of benzene rings is 1. The summed E-state index contributed by atoms with van der Waals surface area (Å²) >= 11 is 6.41. The van der Waals surface area contributed by atoms with Gasteiger partial charge in [-0.25, -0.2) is 0 Å². The van der Waals surface area contributed by atoms with Gasteiger partial charge in [0.05, 0.1) is 10.7 Å². The van der Waals surface area contributed by atoms with Crippen LogP contribution in [0.2, 0.25) is 5.02 Å². The first-order valence-corrected chi connectivity index (χ1v) is 7.28. The highest BCUT2D eigenvalue weighted by atomic mass is 35.5. The summed E-state index contributed by atoms with van der Waals surface area (Å²) < 4.78 is 0. The fourth-order valence-corrected chi connectivity index (χ4v) is 2.31. The van der Waals surface area contributed by atoms with Crippen LogP contribution >= 0.6 is 11.6 Å². The van der Waals surface area contributed by atoms with Gasteiger partial charge in [0.15, 0.2) is 0 Å². The van der Waals surface area contributed by atoms with Crippen molar-refractivity contribution < 1.29 is 0 Å². The van der Waals surface area contributed by atoms with Gasteiger partial charge in [-0.05, 0) is 45.1 Å². The summed E-state index contributed by atoms with van der Waals surface area (Å²) in [6.45, 7) is 7.18. The fraction of sp³-hybridized carbons (Fsp3) is 0.600. The first-order chi connectivity index (χ1) is 8.95. The Hall–Kier alpha value is -0.770. The summed E-state index contributed by atoms with van der Waals surface area (Å²) in [5, 5.41) is 0.794. The second-order valence-corrected chi connectivity index (χ2v) is 5.70. The highest BCUT2D eigenvalue weighted by Gasteiger charge is 2.11. The SMILES string of the molecule is CCCN(CCN(C)C)c1ccc([C@H](C)N)cc1Cl. The van der Waals surface area contributed by atoms with E-state index in [0.717, 1.165) is 42.3 Å². The van der Waals surface area contributed by atoms with Gasteiger partial charge in [0.1, 0.15) is 0 Å². The molecule has 0 aliphatic rings. The molecule has 19 heavy (non-hydrogen) atoms. The number of anilines is 1. The molecule has 1 aromatic carbocycles. The number of hydrogen-bond acceptors (Lipinski definition) is 3. The molecule has 0 heterocycles. The van der Waals surface area contributed by atoms with Crippen molar-refractivity contribution in [3.8, 4) is 0 Å². The maximum Gasteiger partial charge on any atom is 0.0642 e. The molecule has 1 rings (SSSR count). The second-order valence-electron chi connectivity index (χ2n) is 5.29. The predicted molar refractivity (Wildman–Crippen MR) is 85.1 cm³/mol. The monoisotopic (exact) mass is 283 g/mol. The molecule has 0 bridgehead atoms. The summed E-state index contributed by atoms with van der Waals surface area (Å²) in [5.41, 5.74) is 8.07. The largest absolute Gasteiger partial charge is 0.369 e. The number of likely N-dealkylation sites (N-methyl/N-ethyl adjacent to an activating group) is 1. The van der Waals surface area contributed by atoms with Crippen LogP contribution in [0.4, 0.5) is 5.69 Å². The van der Waals surface area contributed by atoms with Gasteiger partial charge >= 0.3 is 0 Å². The number of halogens is 1. The van der Waals surface area contributed by atoms with Crippen LogP contribution in [-0.4, -0.2) is 38.6 Å². The molecule has 0 saturated carbocycles. The van der Waals surface area contributed by atoms with E-state index < -0.39 is 0 Å². The quantitative estimate of drug-likeness (QED) is 0.834. The van der Waals surface area contributed by atoms with Gasteiger partial charge in [0, 0.05) is 25.7 Å². The lowest BCUT2D eigenvalue weighted by Crippen LogP contribution is -2.32. The summed E-state index contributed by atoms with van der Waals surface area (Å²) in [6.07, 6.45) is 1.11. The zero-order valence-corrected chi connectivity index (χ0v) is 13.2. The molecule has 1 atom stereocenters. The smallest absolute Gasteiger partial charge is 0.0642 e. The van der Waals surface area contributed by atoms with Gasteiger partial charge in [-0.1, -0.05) is 24.6 Å². The van der Waals surface area contributed by atoms with E-state index in [1.807, 2.05) is 13.0 Å². The topological polar surface area (TPSA) is 32.5 Å². The number of rotatable bonds is 7. The zero-order chi connectivity index (χ0) is 14.4. The molecule has 4 heteroatoms. The Kier molecular flexibility index (Phi) is 6.63. The van der Waals surface area contributed by atoms with Crippen LogP contribution < -0.4 is 10.6 Å². The van der Waals surface area contributed by atoms with E-state index in [-0.39, 0.29) is 6.04 Å². The van der Waals surface area contributed by atoms with Crippen LogP contribution in [0.5, 0.6) is 0 Å². The molecule has 108 valence electrons. The van der Waals surface area contributed by atoms with E-state index in [2.05, 4.69) is 43.0 Å². The van der Waals surface area contributed by atoms with Crippen molar-refractivity contribution >= 4 is 17.3 Å². The van der Waals surface area contributed by atoms with Crippen molar-refractivity contribution in [1.29, 1.82) is 0 Å². The maximum atomic E-state index is 6.41. The molecular weight excluding hydrogens is 258 g/mol. The molecule has 0 fully saturated rings. The Morgan fingerprint density at radius 2 is 1.89 bits per heavy atom. The van der Waals surface area contributed by atoms with E-state index >= 15 is 0 Å². The van der Waals surface area contributed by atoms with Crippen LogP contribution in [0.3, 0.4) is 0 Å². The van der Waals surface area contributed by atoms with Crippen molar-refractivity contribution in [2.75, 3.05) is 38.6 Å². The predicted octanol–water partition coefficient (Wildman–Crippen LogP) is 3.14. The second kappa shape index (κ2) is 7.73. The highest BCUT2D eigenvalue weighted by Crippen LogP contribution is 2.28. The van der Waals surface area contributed by atoms with E-state index in [1.165, 1.54) is 0 Å². The Bertz CT molecular complexity index is 391. The van der Waals surface area contributed by atoms with Crippen molar-refractivity contribution in [2.45, 2.75) is 26.3 Å². The number of nitrogens with two attached hydrogens (primary N) is 1. The van der Waals surface area contributed by atoms with Gasteiger partial charge in [0.2, 0.25) is 0 Å². The molecule has 0 unspecified atom stereocenters. The Balaban J connectivity index is 2.89. The van der Waals surface area contributed by atoms with Gasteiger partial charge < -0.3 is 15.5 Å². The van der Waals surface area contributed by atoms with E-state index in [0.29, 0.717) is 0 Å². The lowest BCUT2D eigenvalue weighted by atomic mass is 10.1. The lowest BCUT2D eigenvalue weighted by Gasteiger charge is -2.27. The van der Waals surface area contributed by atoms with Gasteiger partial charge in [-0.3, -0.25) is 0 Å². The molecule has 0 aliphatic carbocycles. The Labute approximate surface area is 122 Å². The van der Waals surface area contributed by atoms with Crippen LogP contribution in [-0.2, 0) is 0 Å². The molecule has 1 aromatic rings. The van der Waals surface area contributed by atoms with E-state index in [4.69, 9.17) is 17.3 Å². The van der Waals surface area contributed by atoms with Crippen molar-refractivity contribution in [2.24, 2.45) is 5.73 Å². The Morgan fingerprint density at radius 3 is 2.37 bits per heavy atom. The molecule has 0 amide bonds. The van der Waals surface area contributed by atoms with Crippen LogP contribution in [0, 0.1) is 0 Å². The lowest BCUT2D eigenvalue weighted by molar-refractivity contribution is 0.413. The third kappa shape index (κ3) is 5.01. The van der Waals surface area contributed by atoms with Gasteiger partial charge in [-0.15, -0.1) is 0 Å².